The predicted octanol–water partition coefficient (Wildman–Crippen LogP) is 3.49. The smallest absolute Gasteiger partial charge is 0.271 e. The van der Waals surface area contributed by atoms with Gasteiger partial charge in [0, 0.05) is 18.1 Å². The van der Waals surface area contributed by atoms with Crippen LogP contribution in [0.1, 0.15) is 10.5 Å². The molecule has 6 heteroatoms. The lowest BCUT2D eigenvalue weighted by Crippen LogP contribution is -2.31. The molecule has 3 aromatic rings. The monoisotopic (exact) mass is 357 g/mol. The van der Waals surface area contributed by atoms with Crippen molar-refractivity contribution < 1.29 is 9.90 Å². The first-order valence-electron chi connectivity index (χ1n) is 8.00. The van der Waals surface area contributed by atoms with E-state index in [1.165, 1.54) is 0 Å². The van der Waals surface area contributed by atoms with Crippen molar-refractivity contribution in [1.82, 2.24) is 15.2 Å². The molecule has 2 aromatic carbocycles. The Labute approximate surface area is 151 Å². The third-order valence-electron chi connectivity index (χ3n) is 4.02. The zero-order valence-corrected chi connectivity index (χ0v) is 14.9. The van der Waals surface area contributed by atoms with E-state index >= 15 is 0 Å². The highest BCUT2D eigenvalue weighted by molar-refractivity contribution is 6.30. The van der Waals surface area contributed by atoms with Gasteiger partial charge >= 0.3 is 0 Å². The van der Waals surface area contributed by atoms with Gasteiger partial charge in [0.05, 0.1) is 10.9 Å². The predicted molar refractivity (Wildman–Crippen MR) is 101 cm³/mol. The Bertz CT molecular complexity index is 901. The minimum Gasteiger partial charge on any atom is -0.505 e. The zero-order chi connectivity index (χ0) is 18.0. The first-order chi connectivity index (χ1) is 12.0. The van der Waals surface area contributed by atoms with Crippen LogP contribution in [0.2, 0.25) is 5.02 Å². The molecule has 25 heavy (non-hydrogen) atoms. The van der Waals surface area contributed by atoms with Crippen LogP contribution in [0.5, 0.6) is 5.75 Å². The van der Waals surface area contributed by atoms with Crippen molar-refractivity contribution in [2.24, 2.45) is 0 Å². The highest BCUT2D eigenvalue weighted by Gasteiger charge is 2.19. The van der Waals surface area contributed by atoms with Gasteiger partial charge in [-0.2, -0.15) is 0 Å². The quantitative estimate of drug-likeness (QED) is 0.654. The van der Waals surface area contributed by atoms with Crippen molar-refractivity contribution in [3.05, 3.63) is 53.2 Å². The van der Waals surface area contributed by atoms with Crippen molar-refractivity contribution in [2.45, 2.75) is 0 Å². The van der Waals surface area contributed by atoms with Crippen LogP contribution in [0, 0.1) is 0 Å². The maximum atomic E-state index is 12.4. The van der Waals surface area contributed by atoms with Gasteiger partial charge in [-0.15, -0.1) is 0 Å². The number of halogens is 1. The summed E-state index contributed by atoms with van der Waals surface area (Å²) in [5.74, 6) is -0.361. The second-order valence-electron chi connectivity index (χ2n) is 6.14. The molecule has 130 valence electrons. The topological polar surface area (TPSA) is 68.4 Å². The molecule has 3 rings (SSSR count). The van der Waals surface area contributed by atoms with Gasteiger partial charge in [-0.3, -0.25) is 4.79 Å². The molecule has 0 aliphatic rings. The van der Waals surface area contributed by atoms with Crippen LogP contribution >= 0.6 is 11.6 Å². The van der Waals surface area contributed by atoms with Crippen LogP contribution in [0.25, 0.3) is 22.0 Å². The Morgan fingerprint density at radius 2 is 1.92 bits per heavy atom. The number of nitrogens with one attached hydrogen (secondary N) is 2. The molecule has 0 atom stereocenters. The van der Waals surface area contributed by atoms with Gasteiger partial charge in [-0.05, 0) is 43.4 Å². The van der Waals surface area contributed by atoms with Crippen LogP contribution in [0.3, 0.4) is 0 Å². The van der Waals surface area contributed by atoms with Crippen LogP contribution < -0.4 is 5.32 Å². The van der Waals surface area contributed by atoms with Gasteiger partial charge in [0.25, 0.3) is 5.91 Å². The summed E-state index contributed by atoms with van der Waals surface area (Å²) in [6.45, 7) is 1.23. The van der Waals surface area contributed by atoms with Gasteiger partial charge < -0.3 is 20.3 Å². The fourth-order valence-corrected chi connectivity index (χ4v) is 2.87. The second-order valence-corrected chi connectivity index (χ2v) is 6.58. The van der Waals surface area contributed by atoms with Crippen LogP contribution in [0.15, 0.2) is 42.5 Å². The summed E-state index contributed by atoms with van der Waals surface area (Å²) in [6.07, 6.45) is 0. The first-order valence-corrected chi connectivity index (χ1v) is 8.37. The number of likely N-dealkylation sites (N-methyl/N-ethyl adjacent to an activating group) is 1. The molecule has 0 unspecified atom stereocenters. The van der Waals surface area contributed by atoms with E-state index in [-0.39, 0.29) is 17.4 Å². The number of rotatable bonds is 5. The van der Waals surface area contributed by atoms with E-state index in [0.717, 1.165) is 17.7 Å². The Morgan fingerprint density at radius 1 is 1.20 bits per heavy atom. The number of carbonyl (C=O) groups is 1. The van der Waals surface area contributed by atoms with E-state index in [2.05, 4.69) is 10.3 Å². The van der Waals surface area contributed by atoms with Crippen LogP contribution in [-0.4, -0.2) is 48.1 Å². The molecule has 0 aliphatic carbocycles. The van der Waals surface area contributed by atoms with E-state index in [1.807, 2.05) is 49.3 Å². The molecule has 0 saturated carbocycles. The summed E-state index contributed by atoms with van der Waals surface area (Å²) in [7, 11) is 3.87. The van der Waals surface area contributed by atoms with Crippen molar-refractivity contribution in [3.8, 4) is 16.9 Å². The van der Waals surface area contributed by atoms with Crippen molar-refractivity contribution in [1.29, 1.82) is 0 Å². The molecule has 0 radical (unpaired) electrons. The Kier molecular flexibility index (Phi) is 4.97. The molecule has 0 aliphatic heterocycles. The Morgan fingerprint density at radius 3 is 2.60 bits per heavy atom. The Hall–Kier alpha value is -2.50. The minimum absolute atomic E-state index is 0.0390. The number of aromatic amines is 1. The molecule has 1 amide bonds. The molecule has 0 fully saturated rings. The van der Waals surface area contributed by atoms with Gasteiger partial charge in [0.2, 0.25) is 0 Å². The third-order valence-corrected chi connectivity index (χ3v) is 4.28. The molecule has 0 saturated heterocycles. The van der Waals surface area contributed by atoms with Crippen LogP contribution in [-0.2, 0) is 0 Å². The minimum atomic E-state index is -0.322. The molecule has 3 N–H and O–H groups in total. The second kappa shape index (κ2) is 7.17. The molecule has 1 aromatic heterocycles. The number of hydrogen-bond donors (Lipinski definition) is 3. The molecular weight excluding hydrogens is 338 g/mol. The summed E-state index contributed by atoms with van der Waals surface area (Å²) in [6, 6.07) is 13.0. The van der Waals surface area contributed by atoms with E-state index in [1.54, 1.807) is 12.1 Å². The summed E-state index contributed by atoms with van der Waals surface area (Å²) in [4.78, 5) is 17.4. The first kappa shape index (κ1) is 17.3. The van der Waals surface area contributed by atoms with E-state index in [0.29, 0.717) is 22.5 Å². The fraction of sp³-hybridized carbons (Fsp3) is 0.211. The van der Waals surface area contributed by atoms with Gasteiger partial charge in [-0.1, -0.05) is 35.9 Å². The van der Waals surface area contributed by atoms with Crippen molar-refractivity contribution >= 4 is 28.4 Å². The van der Waals surface area contributed by atoms with Gasteiger partial charge in [-0.25, -0.2) is 0 Å². The van der Waals surface area contributed by atoms with Crippen LogP contribution in [0.4, 0.5) is 0 Å². The third kappa shape index (κ3) is 3.62. The number of aromatic hydroxyl groups is 1. The molecule has 0 bridgehead atoms. The summed E-state index contributed by atoms with van der Waals surface area (Å²) >= 11 is 5.95. The fourth-order valence-electron chi connectivity index (χ4n) is 2.75. The SMILES string of the molecule is CN(C)CCNC(=O)c1[nH]c2cccc(-c3ccc(Cl)cc3)c2c1O. The van der Waals surface area contributed by atoms with E-state index in [4.69, 9.17) is 11.6 Å². The van der Waals surface area contributed by atoms with Gasteiger partial charge in [0.1, 0.15) is 5.69 Å². The average Bonchev–Trinajstić information content (AvgIpc) is 2.92. The standard InChI is InChI=1S/C19H20ClN3O2/c1-23(2)11-10-21-19(25)17-18(24)16-14(4-3-5-15(16)22-17)12-6-8-13(20)9-7-12/h3-9,22,24H,10-11H2,1-2H3,(H,21,25). The lowest BCUT2D eigenvalue weighted by Gasteiger charge is -2.09. The van der Waals surface area contributed by atoms with Crippen molar-refractivity contribution in [3.63, 3.8) is 0 Å². The lowest BCUT2D eigenvalue weighted by molar-refractivity contribution is 0.0944. The normalized spacial score (nSPS) is 11.2. The largest absolute Gasteiger partial charge is 0.505 e. The number of benzene rings is 2. The molecule has 0 spiro atoms. The zero-order valence-electron chi connectivity index (χ0n) is 14.1. The summed E-state index contributed by atoms with van der Waals surface area (Å²) in [5.41, 5.74) is 2.65. The van der Waals surface area contributed by atoms with Gasteiger partial charge in [0.15, 0.2) is 5.75 Å². The number of carbonyl (C=O) groups excluding carboxylic acids is 1. The molecule has 1 heterocycles. The number of nitrogens with zero attached hydrogens (tertiary/aromatic N) is 1. The summed E-state index contributed by atoms with van der Waals surface area (Å²) in [5, 5.41) is 14.7. The lowest BCUT2D eigenvalue weighted by atomic mass is 10.0. The number of H-pyrrole nitrogens is 1. The number of aromatic nitrogens is 1. The van der Waals surface area contributed by atoms with E-state index < -0.39 is 0 Å². The number of amides is 1. The number of hydrogen-bond acceptors (Lipinski definition) is 3. The van der Waals surface area contributed by atoms with Crippen molar-refractivity contribution in [2.75, 3.05) is 27.2 Å². The highest BCUT2D eigenvalue weighted by Crippen LogP contribution is 2.37. The average molecular weight is 358 g/mol. The maximum absolute atomic E-state index is 12.4. The molecular formula is C19H20ClN3O2. The maximum Gasteiger partial charge on any atom is 0.271 e. The summed E-state index contributed by atoms with van der Waals surface area (Å²) < 4.78 is 0. The highest BCUT2D eigenvalue weighted by atomic mass is 35.5. The van der Waals surface area contributed by atoms with E-state index in [9.17, 15) is 9.90 Å². The Balaban J connectivity index is 1.98. The number of fused-ring (bicyclic) bond motifs is 1. The molecule has 5 nitrogen and oxygen atoms in total.